The molecular formula is C11H19N5. The van der Waals surface area contributed by atoms with Crippen LogP contribution in [0, 0.1) is 0 Å². The van der Waals surface area contributed by atoms with Crippen LogP contribution in [0.2, 0.25) is 0 Å². The second-order valence-electron chi connectivity index (χ2n) is 4.30. The van der Waals surface area contributed by atoms with Crippen LogP contribution in [0.4, 0.5) is 5.82 Å². The minimum Gasteiger partial charge on any atom is -0.361 e. The summed E-state index contributed by atoms with van der Waals surface area (Å²) >= 11 is 0. The number of nitrogens with zero attached hydrogens (tertiary/aromatic N) is 4. The molecule has 1 aliphatic heterocycles. The van der Waals surface area contributed by atoms with Crippen molar-refractivity contribution in [2.24, 2.45) is 0 Å². The Morgan fingerprint density at radius 2 is 2.00 bits per heavy atom. The van der Waals surface area contributed by atoms with Crippen molar-refractivity contribution >= 4 is 5.82 Å². The molecule has 5 heteroatoms. The predicted octanol–water partition coefficient (Wildman–Crippen LogP) is -0.0522. The van der Waals surface area contributed by atoms with Crippen molar-refractivity contribution in [1.82, 2.24) is 20.4 Å². The van der Waals surface area contributed by atoms with Gasteiger partial charge in [0.05, 0.1) is 5.69 Å². The van der Waals surface area contributed by atoms with Crippen LogP contribution in [0.5, 0.6) is 0 Å². The second-order valence-corrected chi connectivity index (χ2v) is 4.30. The summed E-state index contributed by atoms with van der Waals surface area (Å²) in [6.45, 7) is 5.24. The lowest BCUT2D eigenvalue weighted by molar-refractivity contribution is 0.230. The summed E-state index contributed by atoms with van der Waals surface area (Å²) in [4.78, 5) is 4.36. The zero-order valence-corrected chi connectivity index (χ0v) is 9.98. The first-order valence-electron chi connectivity index (χ1n) is 5.69. The van der Waals surface area contributed by atoms with Crippen LogP contribution >= 0.6 is 0 Å². The average Bonchev–Trinajstić information content (AvgIpc) is 2.31. The molecule has 1 aromatic rings. The van der Waals surface area contributed by atoms with Gasteiger partial charge in [-0.15, -0.1) is 5.10 Å². The van der Waals surface area contributed by atoms with Gasteiger partial charge in [0.2, 0.25) is 0 Å². The van der Waals surface area contributed by atoms with Gasteiger partial charge in [-0.2, -0.15) is 5.10 Å². The van der Waals surface area contributed by atoms with E-state index in [0.29, 0.717) is 0 Å². The molecule has 0 aromatic carbocycles. The lowest BCUT2D eigenvalue weighted by Gasteiger charge is -2.26. The van der Waals surface area contributed by atoms with Crippen molar-refractivity contribution in [3.05, 3.63) is 17.8 Å². The van der Waals surface area contributed by atoms with Crippen LogP contribution in [0.1, 0.15) is 5.69 Å². The molecule has 0 atom stereocenters. The molecule has 1 N–H and O–H groups in total. The Labute approximate surface area is 96.5 Å². The molecule has 0 saturated carbocycles. The minimum absolute atomic E-state index is 0.905. The summed E-state index contributed by atoms with van der Waals surface area (Å²) in [6.07, 6.45) is 0. The lowest BCUT2D eigenvalue weighted by Crippen LogP contribution is -2.43. The zero-order valence-electron chi connectivity index (χ0n) is 9.98. The van der Waals surface area contributed by atoms with E-state index in [4.69, 9.17) is 0 Å². The Kier molecular flexibility index (Phi) is 3.69. The highest BCUT2D eigenvalue weighted by atomic mass is 15.2. The first-order valence-corrected chi connectivity index (χ1v) is 5.69. The Bertz CT molecular complexity index is 316. The topological polar surface area (TPSA) is 44.3 Å². The van der Waals surface area contributed by atoms with Gasteiger partial charge in [-0.1, -0.05) is 0 Å². The molecule has 0 radical (unpaired) electrons. The summed E-state index contributed by atoms with van der Waals surface area (Å²) in [5.74, 6) is 0.907. The Morgan fingerprint density at radius 3 is 2.56 bits per heavy atom. The monoisotopic (exact) mass is 221 g/mol. The summed E-state index contributed by atoms with van der Waals surface area (Å²) in [5, 5.41) is 11.8. The number of anilines is 1. The lowest BCUT2D eigenvalue weighted by atomic mass is 10.3. The Morgan fingerprint density at radius 1 is 1.25 bits per heavy atom. The van der Waals surface area contributed by atoms with Crippen molar-refractivity contribution in [1.29, 1.82) is 0 Å². The van der Waals surface area contributed by atoms with Crippen molar-refractivity contribution < 1.29 is 0 Å². The Balaban J connectivity index is 1.93. The molecule has 88 valence electrons. The van der Waals surface area contributed by atoms with E-state index in [9.17, 15) is 0 Å². The SMILES string of the molecule is CN(C)c1ccc(CN2CCNCC2)nn1. The molecule has 0 bridgehead atoms. The van der Waals surface area contributed by atoms with Gasteiger partial charge in [-0.05, 0) is 12.1 Å². The van der Waals surface area contributed by atoms with E-state index in [-0.39, 0.29) is 0 Å². The average molecular weight is 221 g/mol. The van der Waals surface area contributed by atoms with E-state index >= 15 is 0 Å². The smallest absolute Gasteiger partial charge is 0.150 e. The molecule has 1 aliphatic rings. The van der Waals surface area contributed by atoms with Gasteiger partial charge in [0, 0.05) is 46.8 Å². The van der Waals surface area contributed by atoms with E-state index in [1.165, 1.54) is 0 Å². The fourth-order valence-corrected chi connectivity index (χ4v) is 1.77. The van der Waals surface area contributed by atoms with Crippen molar-refractivity contribution in [2.45, 2.75) is 6.54 Å². The summed E-state index contributed by atoms with van der Waals surface area (Å²) in [6, 6.07) is 4.08. The van der Waals surface area contributed by atoms with Gasteiger partial charge >= 0.3 is 0 Å². The highest BCUT2D eigenvalue weighted by molar-refractivity contribution is 5.34. The van der Waals surface area contributed by atoms with Crippen LogP contribution < -0.4 is 10.2 Å². The van der Waals surface area contributed by atoms with E-state index in [0.717, 1.165) is 44.2 Å². The molecule has 2 rings (SSSR count). The molecule has 5 nitrogen and oxygen atoms in total. The number of hydrogen-bond acceptors (Lipinski definition) is 5. The fraction of sp³-hybridized carbons (Fsp3) is 0.636. The molecule has 0 aliphatic carbocycles. The predicted molar refractivity (Wildman–Crippen MR) is 64.5 cm³/mol. The highest BCUT2D eigenvalue weighted by Crippen LogP contribution is 2.07. The third-order valence-electron chi connectivity index (χ3n) is 2.76. The molecule has 16 heavy (non-hydrogen) atoms. The van der Waals surface area contributed by atoms with Crippen LogP contribution in [0.3, 0.4) is 0 Å². The maximum Gasteiger partial charge on any atom is 0.150 e. The maximum atomic E-state index is 4.24. The van der Waals surface area contributed by atoms with Crippen LogP contribution in [-0.2, 0) is 6.54 Å². The van der Waals surface area contributed by atoms with Gasteiger partial charge in [0.15, 0.2) is 5.82 Å². The van der Waals surface area contributed by atoms with Gasteiger partial charge < -0.3 is 10.2 Å². The third kappa shape index (κ3) is 2.90. The maximum absolute atomic E-state index is 4.24. The van der Waals surface area contributed by atoms with E-state index < -0.39 is 0 Å². The molecule has 2 heterocycles. The summed E-state index contributed by atoms with van der Waals surface area (Å²) in [7, 11) is 3.94. The molecule has 1 aromatic heterocycles. The molecule has 0 spiro atoms. The largest absolute Gasteiger partial charge is 0.361 e. The Hall–Kier alpha value is -1.20. The summed E-state index contributed by atoms with van der Waals surface area (Å²) < 4.78 is 0. The minimum atomic E-state index is 0.905. The molecular weight excluding hydrogens is 202 g/mol. The van der Waals surface area contributed by atoms with Crippen LogP contribution in [0.25, 0.3) is 0 Å². The van der Waals surface area contributed by atoms with E-state index in [2.05, 4.69) is 26.5 Å². The van der Waals surface area contributed by atoms with Gasteiger partial charge in [0.25, 0.3) is 0 Å². The van der Waals surface area contributed by atoms with Gasteiger partial charge in [-0.25, -0.2) is 0 Å². The third-order valence-corrected chi connectivity index (χ3v) is 2.76. The molecule has 0 unspecified atom stereocenters. The first kappa shape index (κ1) is 11.3. The van der Waals surface area contributed by atoms with Crippen molar-refractivity contribution in [3.8, 4) is 0 Å². The quantitative estimate of drug-likeness (QED) is 0.775. The normalized spacial score (nSPS) is 17.4. The number of aromatic nitrogens is 2. The van der Waals surface area contributed by atoms with Crippen molar-refractivity contribution in [2.75, 3.05) is 45.2 Å². The first-order chi connectivity index (χ1) is 7.75. The number of nitrogens with one attached hydrogen (secondary N) is 1. The van der Waals surface area contributed by atoms with Gasteiger partial charge in [-0.3, -0.25) is 4.90 Å². The fourth-order valence-electron chi connectivity index (χ4n) is 1.77. The number of hydrogen-bond donors (Lipinski definition) is 1. The van der Waals surface area contributed by atoms with E-state index in [1.807, 2.05) is 25.1 Å². The highest BCUT2D eigenvalue weighted by Gasteiger charge is 2.10. The van der Waals surface area contributed by atoms with Gasteiger partial charge in [0.1, 0.15) is 0 Å². The molecule has 1 saturated heterocycles. The van der Waals surface area contributed by atoms with Crippen molar-refractivity contribution in [3.63, 3.8) is 0 Å². The van der Waals surface area contributed by atoms with Crippen LogP contribution in [0.15, 0.2) is 12.1 Å². The van der Waals surface area contributed by atoms with Crippen LogP contribution in [-0.4, -0.2) is 55.4 Å². The summed E-state index contributed by atoms with van der Waals surface area (Å²) in [5.41, 5.74) is 1.05. The molecule has 0 amide bonds. The standard InChI is InChI=1S/C11H19N5/c1-15(2)11-4-3-10(13-14-11)9-16-7-5-12-6-8-16/h3-4,12H,5-9H2,1-2H3. The van der Waals surface area contributed by atoms with E-state index in [1.54, 1.807) is 0 Å². The number of piperazine rings is 1. The second kappa shape index (κ2) is 5.23. The molecule has 1 fully saturated rings. The zero-order chi connectivity index (χ0) is 11.4. The number of rotatable bonds is 3.